The highest BCUT2D eigenvalue weighted by molar-refractivity contribution is 5.89. The predicted octanol–water partition coefficient (Wildman–Crippen LogP) is 3.54. The number of benzene rings is 2. The van der Waals surface area contributed by atoms with Crippen molar-refractivity contribution in [2.24, 2.45) is 0 Å². The maximum atomic E-state index is 11.9. The first-order valence-corrected chi connectivity index (χ1v) is 13.2. The molecule has 0 bridgehead atoms. The van der Waals surface area contributed by atoms with Gasteiger partial charge in [0.1, 0.15) is 19.3 Å². The van der Waals surface area contributed by atoms with E-state index >= 15 is 0 Å². The molecule has 2 aliphatic rings. The number of aromatic nitrogens is 4. The molecule has 9 heteroatoms. The molecule has 0 saturated carbocycles. The summed E-state index contributed by atoms with van der Waals surface area (Å²) in [5, 5.41) is 12.7. The zero-order valence-corrected chi connectivity index (χ0v) is 21.0. The summed E-state index contributed by atoms with van der Waals surface area (Å²) in [4.78, 5) is 19.7. The number of anilines is 1. The molecule has 192 valence electrons. The second kappa shape index (κ2) is 10.7. The maximum Gasteiger partial charge on any atom is 0.414 e. The predicted molar refractivity (Wildman–Crippen MR) is 143 cm³/mol. The third-order valence-electron chi connectivity index (χ3n) is 7.59. The van der Waals surface area contributed by atoms with E-state index in [1.807, 2.05) is 16.7 Å². The van der Waals surface area contributed by atoms with Crippen molar-refractivity contribution in [1.82, 2.24) is 30.0 Å². The molecule has 2 aromatic heterocycles. The Hall–Kier alpha value is -3.69. The average molecular weight is 500 g/mol. The molecule has 9 nitrogen and oxygen atoms in total. The van der Waals surface area contributed by atoms with E-state index in [0.29, 0.717) is 19.2 Å². The van der Waals surface area contributed by atoms with E-state index < -0.39 is 0 Å². The van der Waals surface area contributed by atoms with Crippen molar-refractivity contribution in [3.05, 3.63) is 72.4 Å². The molecule has 6 rings (SSSR count). The maximum absolute atomic E-state index is 11.9. The molecule has 2 N–H and O–H groups in total. The highest BCUT2D eigenvalue weighted by atomic mass is 16.6. The van der Waals surface area contributed by atoms with Gasteiger partial charge in [-0.05, 0) is 67.1 Å². The van der Waals surface area contributed by atoms with Crippen LogP contribution in [0.15, 0.2) is 61.3 Å². The van der Waals surface area contributed by atoms with E-state index in [0.717, 1.165) is 68.8 Å². The summed E-state index contributed by atoms with van der Waals surface area (Å²) in [6.45, 7) is 5.25. The largest absolute Gasteiger partial charge is 0.447 e. The number of carbonyl (C=O) groups excluding carboxylic acids is 1. The van der Waals surface area contributed by atoms with Crippen LogP contribution >= 0.6 is 0 Å². The van der Waals surface area contributed by atoms with E-state index in [9.17, 15) is 4.79 Å². The minimum atomic E-state index is -0.246. The lowest BCUT2D eigenvalue weighted by atomic mass is 10.0. The van der Waals surface area contributed by atoms with Crippen LogP contribution in [0.4, 0.5) is 10.5 Å². The fourth-order valence-electron chi connectivity index (χ4n) is 5.56. The molecular formula is C28H33N7O2. The van der Waals surface area contributed by atoms with Crippen molar-refractivity contribution in [3.63, 3.8) is 0 Å². The zero-order chi connectivity index (χ0) is 25.0. The quantitative estimate of drug-likeness (QED) is 0.366. The van der Waals surface area contributed by atoms with Crippen molar-refractivity contribution in [1.29, 1.82) is 0 Å². The molecular weight excluding hydrogens is 466 g/mol. The van der Waals surface area contributed by atoms with E-state index in [2.05, 4.69) is 61.9 Å². The van der Waals surface area contributed by atoms with Gasteiger partial charge in [0.05, 0.1) is 6.54 Å². The first kappa shape index (κ1) is 23.7. The SMILES string of the molecule is O=C1OCCN1c1cccc(CCN2CCNCC2CCCc2c[nH]c3ccc(-n4cnnc4)cc23)c1. The Kier molecular flexibility index (Phi) is 6.88. The fourth-order valence-corrected chi connectivity index (χ4v) is 5.56. The van der Waals surface area contributed by atoms with Crippen LogP contribution in [0.25, 0.3) is 16.6 Å². The van der Waals surface area contributed by atoms with E-state index in [4.69, 9.17) is 4.74 Å². The van der Waals surface area contributed by atoms with Crippen molar-refractivity contribution in [3.8, 4) is 5.69 Å². The lowest BCUT2D eigenvalue weighted by Crippen LogP contribution is -2.51. The lowest BCUT2D eigenvalue weighted by Gasteiger charge is -2.36. The molecule has 0 radical (unpaired) electrons. The Labute approximate surface area is 216 Å². The number of carbonyl (C=O) groups is 1. The zero-order valence-electron chi connectivity index (χ0n) is 21.0. The van der Waals surface area contributed by atoms with E-state index in [1.165, 1.54) is 16.5 Å². The van der Waals surface area contributed by atoms with Crippen molar-refractivity contribution >= 4 is 22.7 Å². The van der Waals surface area contributed by atoms with Crippen molar-refractivity contribution in [2.75, 3.05) is 44.2 Å². The molecule has 37 heavy (non-hydrogen) atoms. The van der Waals surface area contributed by atoms with Gasteiger partial charge in [-0.25, -0.2) is 4.79 Å². The minimum Gasteiger partial charge on any atom is -0.447 e. The third kappa shape index (κ3) is 5.23. The molecule has 4 aromatic rings. The Bertz CT molecular complexity index is 1350. The number of cyclic esters (lactones) is 1. The van der Waals surface area contributed by atoms with Crippen LogP contribution in [0.3, 0.4) is 0 Å². The van der Waals surface area contributed by atoms with E-state index in [-0.39, 0.29) is 6.09 Å². The smallest absolute Gasteiger partial charge is 0.414 e. The van der Waals surface area contributed by atoms with Gasteiger partial charge in [0.15, 0.2) is 0 Å². The van der Waals surface area contributed by atoms with Crippen LogP contribution in [-0.4, -0.2) is 76.1 Å². The fraction of sp³-hybridized carbons (Fsp3) is 0.393. The number of nitrogens with one attached hydrogen (secondary N) is 2. The van der Waals surface area contributed by atoms with Gasteiger partial charge in [-0.3, -0.25) is 14.4 Å². The third-order valence-corrected chi connectivity index (χ3v) is 7.59. The highest BCUT2D eigenvalue weighted by Crippen LogP contribution is 2.24. The number of ether oxygens (including phenoxy) is 1. The highest BCUT2D eigenvalue weighted by Gasteiger charge is 2.24. The number of hydrogen-bond donors (Lipinski definition) is 2. The number of fused-ring (bicyclic) bond motifs is 1. The summed E-state index contributed by atoms with van der Waals surface area (Å²) < 4.78 is 7.04. The van der Waals surface area contributed by atoms with Crippen LogP contribution < -0.4 is 10.2 Å². The van der Waals surface area contributed by atoms with Crippen LogP contribution in [-0.2, 0) is 17.6 Å². The monoisotopic (exact) mass is 499 g/mol. The van der Waals surface area contributed by atoms with Gasteiger partial charge >= 0.3 is 6.09 Å². The van der Waals surface area contributed by atoms with Gasteiger partial charge in [0.25, 0.3) is 0 Å². The molecule has 2 saturated heterocycles. The van der Waals surface area contributed by atoms with Gasteiger partial charge < -0.3 is 15.0 Å². The minimum absolute atomic E-state index is 0.246. The summed E-state index contributed by atoms with van der Waals surface area (Å²) >= 11 is 0. The molecule has 2 aromatic carbocycles. The summed E-state index contributed by atoms with van der Waals surface area (Å²) in [5.74, 6) is 0. The number of rotatable bonds is 9. The molecule has 2 fully saturated rings. The molecule has 2 aliphatic heterocycles. The van der Waals surface area contributed by atoms with Crippen LogP contribution in [0.2, 0.25) is 0 Å². The summed E-state index contributed by atoms with van der Waals surface area (Å²) in [5.41, 5.74) is 5.79. The molecule has 1 atom stereocenters. The summed E-state index contributed by atoms with van der Waals surface area (Å²) in [7, 11) is 0. The van der Waals surface area contributed by atoms with Gasteiger partial charge in [-0.2, -0.15) is 0 Å². The number of aryl methyl sites for hydroxylation is 1. The van der Waals surface area contributed by atoms with Gasteiger partial charge in [-0.15, -0.1) is 10.2 Å². The second-order valence-electron chi connectivity index (χ2n) is 9.89. The van der Waals surface area contributed by atoms with Crippen LogP contribution in [0, 0.1) is 0 Å². The molecule has 0 spiro atoms. The van der Waals surface area contributed by atoms with Gasteiger partial charge in [-0.1, -0.05) is 12.1 Å². The summed E-state index contributed by atoms with van der Waals surface area (Å²) in [6, 6.07) is 15.3. The van der Waals surface area contributed by atoms with Crippen LogP contribution in [0.5, 0.6) is 0 Å². The van der Waals surface area contributed by atoms with E-state index in [1.54, 1.807) is 17.6 Å². The van der Waals surface area contributed by atoms with Crippen molar-refractivity contribution in [2.45, 2.75) is 31.7 Å². The normalized spacial score (nSPS) is 18.5. The first-order chi connectivity index (χ1) is 18.2. The topological polar surface area (TPSA) is 91.3 Å². The number of H-pyrrole nitrogens is 1. The number of aromatic amines is 1. The number of hydrogen-bond acceptors (Lipinski definition) is 6. The second-order valence-corrected chi connectivity index (χ2v) is 9.89. The van der Waals surface area contributed by atoms with Gasteiger partial charge in [0, 0.05) is 60.7 Å². The Morgan fingerprint density at radius 1 is 1.03 bits per heavy atom. The van der Waals surface area contributed by atoms with Gasteiger partial charge in [0.2, 0.25) is 0 Å². The molecule has 1 amide bonds. The Morgan fingerprint density at radius 3 is 2.81 bits per heavy atom. The number of nitrogens with zero attached hydrogens (tertiary/aromatic N) is 5. The standard InChI is InChI=1S/C28H33N7O2/c36-28-35(13-14-37-28)24-5-1-3-21(15-24)9-11-33-12-10-29-18-25(33)6-2-4-22-17-30-27-8-7-23(16-26(22)27)34-19-31-32-20-34/h1,3,5,7-8,15-17,19-20,25,29-30H,2,4,6,9-14,18H2. The molecule has 4 heterocycles. The Balaban J connectivity index is 1.06. The Morgan fingerprint density at radius 2 is 1.95 bits per heavy atom. The number of amides is 1. The summed E-state index contributed by atoms with van der Waals surface area (Å²) in [6.07, 6.45) is 9.68. The first-order valence-electron chi connectivity index (χ1n) is 13.2. The average Bonchev–Trinajstić information content (AvgIpc) is 3.70. The number of piperazine rings is 1. The molecule has 1 unspecified atom stereocenters. The van der Waals surface area contributed by atoms with Crippen molar-refractivity contribution < 1.29 is 9.53 Å². The van der Waals surface area contributed by atoms with Crippen LogP contribution in [0.1, 0.15) is 24.0 Å². The lowest BCUT2D eigenvalue weighted by molar-refractivity contribution is 0.153. The molecule has 0 aliphatic carbocycles.